The van der Waals surface area contributed by atoms with E-state index in [2.05, 4.69) is 20.1 Å². The minimum Gasteiger partial charge on any atom is -0.477 e. The molecule has 26 heavy (non-hydrogen) atoms. The molecule has 2 N–H and O–H groups in total. The summed E-state index contributed by atoms with van der Waals surface area (Å²) >= 11 is 0. The zero-order valence-corrected chi connectivity index (χ0v) is 14.6. The van der Waals surface area contributed by atoms with E-state index in [0.29, 0.717) is 0 Å². The van der Waals surface area contributed by atoms with Crippen LogP contribution in [0.2, 0.25) is 0 Å². The monoisotopic (exact) mass is 378 g/mol. The van der Waals surface area contributed by atoms with E-state index in [9.17, 15) is 18.0 Å². The summed E-state index contributed by atoms with van der Waals surface area (Å²) in [6.45, 7) is 1.87. The molecule has 0 aliphatic rings. The van der Waals surface area contributed by atoms with Crippen molar-refractivity contribution in [1.29, 1.82) is 0 Å². The number of aromatic amines is 1. The lowest BCUT2D eigenvalue weighted by atomic mass is 10.3. The summed E-state index contributed by atoms with van der Waals surface area (Å²) in [6, 6.07) is 2.66. The lowest BCUT2D eigenvalue weighted by Gasteiger charge is -2.09. The molecule has 0 atom stereocenters. The van der Waals surface area contributed by atoms with Crippen LogP contribution in [-0.2, 0) is 17.1 Å². The van der Waals surface area contributed by atoms with E-state index < -0.39 is 21.5 Å². The highest BCUT2D eigenvalue weighted by Gasteiger charge is 2.27. The molecule has 0 spiro atoms. The van der Waals surface area contributed by atoms with Gasteiger partial charge >= 0.3 is 0 Å². The molecule has 0 radical (unpaired) electrons. The van der Waals surface area contributed by atoms with Gasteiger partial charge in [0.25, 0.3) is 21.5 Å². The van der Waals surface area contributed by atoms with Gasteiger partial charge < -0.3 is 9.72 Å². The molecular formula is C14H14N6O5S. The highest BCUT2D eigenvalue weighted by atomic mass is 32.2. The number of nitrogens with one attached hydrogen (secondary N) is 2. The highest BCUT2D eigenvalue weighted by Crippen LogP contribution is 2.21. The van der Waals surface area contributed by atoms with Crippen molar-refractivity contribution in [2.24, 2.45) is 7.05 Å². The number of aromatic nitrogens is 5. The van der Waals surface area contributed by atoms with Gasteiger partial charge in [0.1, 0.15) is 10.4 Å². The molecule has 136 valence electrons. The summed E-state index contributed by atoms with van der Waals surface area (Å²) in [5.74, 6) is -1.16. The molecule has 3 aromatic heterocycles. The van der Waals surface area contributed by atoms with E-state index >= 15 is 0 Å². The van der Waals surface area contributed by atoms with Crippen molar-refractivity contribution in [3.8, 4) is 5.88 Å². The van der Waals surface area contributed by atoms with Gasteiger partial charge in [0.15, 0.2) is 11.2 Å². The lowest BCUT2D eigenvalue weighted by Crippen LogP contribution is -2.31. The number of H-pyrrole nitrogens is 1. The Bertz CT molecular complexity index is 1150. The third-order valence-electron chi connectivity index (χ3n) is 3.38. The number of aryl methyl sites for hydroxylation is 1. The number of amides is 1. The average molecular weight is 378 g/mol. The zero-order valence-electron chi connectivity index (χ0n) is 13.8. The van der Waals surface area contributed by atoms with E-state index in [1.165, 1.54) is 25.4 Å². The second-order valence-corrected chi connectivity index (χ2v) is 6.73. The molecule has 0 saturated heterocycles. The number of rotatable bonds is 5. The number of carbonyl (C=O) groups excluding carboxylic acids is 1. The number of hydrogen-bond donors (Lipinski definition) is 2. The first-order chi connectivity index (χ1) is 12.3. The van der Waals surface area contributed by atoms with Gasteiger partial charge in [-0.3, -0.25) is 14.3 Å². The molecule has 3 heterocycles. The Morgan fingerprint density at radius 3 is 2.88 bits per heavy atom. The van der Waals surface area contributed by atoms with Gasteiger partial charge in [-0.05, 0) is 19.1 Å². The second-order valence-electron chi connectivity index (χ2n) is 5.08. The maximum absolute atomic E-state index is 12.5. The first kappa shape index (κ1) is 17.5. The molecule has 1 amide bonds. The van der Waals surface area contributed by atoms with Gasteiger partial charge in [-0.15, -0.1) is 0 Å². The molecule has 0 aliphatic carbocycles. The Labute approximate surface area is 147 Å². The summed E-state index contributed by atoms with van der Waals surface area (Å²) in [6.07, 6.45) is 2.47. The summed E-state index contributed by atoms with van der Waals surface area (Å²) in [5, 5.41) is 3.90. The molecule has 11 nitrogen and oxygen atoms in total. The van der Waals surface area contributed by atoms with Gasteiger partial charge in [0.2, 0.25) is 5.88 Å². The Morgan fingerprint density at radius 2 is 2.15 bits per heavy atom. The molecule has 0 unspecified atom stereocenters. The number of hydrogen-bond acceptors (Lipinski definition) is 8. The van der Waals surface area contributed by atoms with Crippen LogP contribution in [-0.4, -0.2) is 45.7 Å². The average Bonchev–Trinajstić information content (AvgIpc) is 2.93. The Morgan fingerprint density at radius 1 is 1.38 bits per heavy atom. The van der Waals surface area contributed by atoms with Crippen LogP contribution in [0.5, 0.6) is 5.88 Å². The van der Waals surface area contributed by atoms with Gasteiger partial charge in [-0.2, -0.15) is 5.10 Å². The van der Waals surface area contributed by atoms with Crippen molar-refractivity contribution in [3.63, 3.8) is 0 Å². The van der Waals surface area contributed by atoms with Crippen molar-refractivity contribution in [3.05, 3.63) is 40.7 Å². The minimum absolute atomic E-state index is 0.0137. The van der Waals surface area contributed by atoms with Gasteiger partial charge in [0, 0.05) is 13.2 Å². The topological polar surface area (TPSA) is 149 Å². The van der Waals surface area contributed by atoms with Crippen molar-refractivity contribution >= 4 is 27.0 Å². The predicted octanol–water partition coefficient (Wildman–Crippen LogP) is -0.431. The Kier molecular flexibility index (Phi) is 4.42. The van der Waals surface area contributed by atoms with Crippen molar-refractivity contribution < 1.29 is 17.9 Å². The number of pyridine rings is 1. The fourth-order valence-corrected chi connectivity index (χ4v) is 3.37. The Hall–Kier alpha value is -3.28. The van der Waals surface area contributed by atoms with Crippen molar-refractivity contribution in [2.45, 2.75) is 11.8 Å². The van der Waals surface area contributed by atoms with Crippen LogP contribution < -0.4 is 15.0 Å². The van der Waals surface area contributed by atoms with Crippen LogP contribution in [0, 0.1) is 0 Å². The quantitative estimate of drug-likeness (QED) is 0.607. The zero-order chi connectivity index (χ0) is 18.9. The fourth-order valence-electron chi connectivity index (χ4n) is 2.32. The molecule has 0 bridgehead atoms. The first-order valence-corrected chi connectivity index (χ1v) is 8.88. The first-order valence-electron chi connectivity index (χ1n) is 7.40. The lowest BCUT2D eigenvalue weighted by molar-refractivity contribution is 0.0977. The summed E-state index contributed by atoms with van der Waals surface area (Å²) < 4.78 is 33.3. The molecular weight excluding hydrogens is 364 g/mol. The van der Waals surface area contributed by atoms with E-state index in [1.807, 2.05) is 4.72 Å². The molecule has 3 rings (SSSR count). The SMILES string of the molecule is CCOc1ncccc1S(=O)(=O)NC(=O)c1nn(C)c2c(=O)[nH]cnc12. The van der Waals surface area contributed by atoms with Crippen LogP contribution >= 0.6 is 0 Å². The summed E-state index contributed by atoms with van der Waals surface area (Å²) in [4.78, 5) is 34.1. The summed E-state index contributed by atoms with van der Waals surface area (Å²) in [5.41, 5.74) is -0.761. The van der Waals surface area contributed by atoms with Crippen molar-refractivity contribution in [2.75, 3.05) is 6.61 Å². The third-order valence-corrected chi connectivity index (χ3v) is 4.72. The summed E-state index contributed by atoms with van der Waals surface area (Å²) in [7, 11) is -2.84. The van der Waals surface area contributed by atoms with E-state index in [1.54, 1.807) is 6.92 Å². The van der Waals surface area contributed by atoms with Crippen LogP contribution in [0.15, 0.2) is 34.3 Å². The molecule has 0 aromatic carbocycles. The Balaban J connectivity index is 2.01. The second kappa shape index (κ2) is 6.55. The third kappa shape index (κ3) is 3.01. The molecule has 0 saturated carbocycles. The molecule has 12 heteroatoms. The maximum atomic E-state index is 12.5. The predicted molar refractivity (Wildman–Crippen MR) is 89.2 cm³/mol. The van der Waals surface area contributed by atoms with Gasteiger partial charge in [-0.1, -0.05) is 0 Å². The van der Waals surface area contributed by atoms with Gasteiger partial charge in [-0.25, -0.2) is 23.1 Å². The molecule has 0 aliphatic heterocycles. The van der Waals surface area contributed by atoms with Crippen LogP contribution in [0.4, 0.5) is 0 Å². The fraction of sp³-hybridized carbons (Fsp3) is 0.214. The number of ether oxygens (including phenoxy) is 1. The minimum atomic E-state index is -4.28. The van der Waals surface area contributed by atoms with E-state index in [0.717, 1.165) is 11.0 Å². The smallest absolute Gasteiger partial charge is 0.287 e. The van der Waals surface area contributed by atoms with Crippen LogP contribution in [0.3, 0.4) is 0 Å². The number of carbonyl (C=O) groups is 1. The molecule has 0 fully saturated rings. The normalized spacial score (nSPS) is 11.5. The van der Waals surface area contributed by atoms with E-state index in [-0.39, 0.29) is 34.1 Å². The highest BCUT2D eigenvalue weighted by molar-refractivity contribution is 7.90. The van der Waals surface area contributed by atoms with Gasteiger partial charge in [0.05, 0.1) is 12.9 Å². The van der Waals surface area contributed by atoms with Crippen molar-refractivity contribution in [1.82, 2.24) is 29.5 Å². The number of nitrogens with zero attached hydrogens (tertiary/aromatic N) is 4. The largest absolute Gasteiger partial charge is 0.477 e. The van der Waals surface area contributed by atoms with Crippen LogP contribution in [0.25, 0.3) is 11.0 Å². The number of sulfonamides is 1. The van der Waals surface area contributed by atoms with E-state index in [4.69, 9.17) is 4.74 Å². The standard InChI is InChI=1S/C14H14N6O5S/c1-3-25-14-8(5-4-6-15-14)26(23,24)19-12(21)10-9-11(20(2)18-10)13(22)17-7-16-9/h4-7H,3H2,1-2H3,(H,19,21)(H,16,17,22). The maximum Gasteiger partial charge on any atom is 0.287 e. The molecule has 3 aromatic rings. The van der Waals surface area contributed by atoms with Crippen LogP contribution in [0.1, 0.15) is 17.4 Å². The number of fused-ring (bicyclic) bond motifs is 1.